The highest BCUT2D eigenvalue weighted by atomic mass is 35.5. The summed E-state index contributed by atoms with van der Waals surface area (Å²) in [6.07, 6.45) is 0.251. The number of ether oxygens (including phenoxy) is 1. The molecule has 31 heavy (non-hydrogen) atoms. The van der Waals surface area contributed by atoms with Crippen molar-refractivity contribution in [3.8, 4) is 0 Å². The van der Waals surface area contributed by atoms with Crippen LogP contribution in [0, 0.1) is 0 Å². The number of anilines is 1. The Morgan fingerprint density at radius 2 is 1.94 bits per heavy atom. The van der Waals surface area contributed by atoms with E-state index in [-0.39, 0.29) is 11.7 Å². The zero-order valence-electron chi connectivity index (χ0n) is 19.3. The predicted octanol–water partition coefficient (Wildman–Crippen LogP) is 3.79. The van der Waals surface area contributed by atoms with Crippen molar-refractivity contribution in [2.24, 2.45) is 0 Å². The van der Waals surface area contributed by atoms with Crippen LogP contribution in [0.5, 0.6) is 0 Å². The molecular formula is C21H32BClFN3O4. The second kappa shape index (κ2) is 8.41. The summed E-state index contributed by atoms with van der Waals surface area (Å²) in [4.78, 5) is 17.9. The first kappa shape index (κ1) is 24.1. The highest BCUT2D eigenvalue weighted by Gasteiger charge is 2.52. The van der Waals surface area contributed by atoms with Crippen molar-refractivity contribution in [2.75, 3.05) is 18.4 Å². The summed E-state index contributed by atoms with van der Waals surface area (Å²) in [6, 6.07) is 1.32. The normalized spacial score (nSPS) is 25.5. The number of carbonyl (C=O) groups excluding carboxylic acids is 1. The van der Waals surface area contributed by atoms with Gasteiger partial charge in [0.05, 0.1) is 35.7 Å². The third kappa shape index (κ3) is 5.44. The van der Waals surface area contributed by atoms with E-state index in [0.29, 0.717) is 24.1 Å². The molecule has 2 fully saturated rings. The van der Waals surface area contributed by atoms with E-state index in [4.69, 9.17) is 25.6 Å². The van der Waals surface area contributed by atoms with Gasteiger partial charge in [-0.15, -0.1) is 0 Å². The summed E-state index contributed by atoms with van der Waals surface area (Å²) in [6.45, 7) is 13.6. The van der Waals surface area contributed by atoms with Gasteiger partial charge in [-0.25, -0.2) is 14.2 Å². The van der Waals surface area contributed by atoms with Crippen LogP contribution < -0.4 is 10.8 Å². The van der Waals surface area contributed by atoms with Crippen molar-refractivity contribution < 1.29 is 23.2 Å². The number of nitrogens with one attached hydrogen (secondary N) is 1. The van der Waals surface area contributed by atoms with Crippen molar-refractivity contribution in [1.82, 2.24) is 9.88 Å². The zero-order chi connectivity index (χ0) is 23.2. The standard InChI is InChI=1S/C21H32BClFN3O4/c1-19(2,3)29-18(28)27-9-8-16(15(24)12-27)26-13-10-14(17(23)25-11-13)22-30-20(4,5)21(6,7)31-22/h10-11,15-16,26H,8-9,12H2,1-7H3/t15-,16+/m1/s1. The maximum absolute atomic E-state index is 14.9. The molecule has 0 saturated carbocycles. The smallest absolute Gasteiger partial charge is 0.444 e. The Hall–Kier alpha value is -1.58. The fraction of sp³-hybridized carbons (Fsp3) is 0.714. The Bertz CT molecular complexity index is 817. The van der Waals surface area contributed by atoms with Crippen LogP contribution in [-0.4, -0.2) is 65.2 Å². The molecule has 3 heterocycles. The Morgan fingerprint density at radius 1 is 1.32 bits per heavy atom. The third-order valence-electron chi connectivity index (χ3n) is 5.92. The van der Waals surface area contributed by atoms with Crippen molar-refractivity contribution in [3.05, 3.63) is 17.4 Å². The molecule has 2 aliphatic rings. The van der Waals surface area contributed by atoms with Crippen LogP contribution in [0.25, 0.3) is 0 Å². The van der Waals surface area contributed by atoms with Gasteiger partial charge in [0, 0.05) is 12.0 Å². The molecule has 1 N–H and O–H groups in total. The number of halogens is 2. The van der Waals surface area contributed by atoms with Gasteiger partial charge in [0.25, 0.3) is 0 Å². The van der Waals surface area contributed by atoms with Crippen LogP contribution in [0.4, 0.5) is 14.9 Å². The van der Waals surface area contributed by atoms with Crippen molar-refractivity contribution in [1.29, 1.82) is 0 Å². The van der Waals surface area contributed by atoms with Crippen LogP contribution in [0.1, 0.15) is 54.9 Å². The van der Waals surface area contributed by atoms with Gasteiger partial charge in [-0.1, -0.05) is 11.6 Å². The lowest BCUT2D eigenvalue weighted by Gasteiger charge is -2.36. The first-order valence-electron chi connectivity index (χ1n) is 10.6. The highest BCUT2D eigenvalue weighted by molar-refractivity contribution is 6.65. The van der Waals surface area contributed by atoms with Gasteiger partial charge in [-0.3, -0.25) is 0 Å². The second-order valence-electron chi connectivity index (χ2n) is 10.2. The number of pyridine rings is 1. The Morgan fingerprint density at radius 3 is 2.48 bits per heavy atom. The largest absolute Gasteiger partial charge is 0.498 e. The lowest BCUT2D eigenvalue weighted by Crippen LogP contribution is -2.51. The molecule has 7 nitrogen and oxygen atoms in total. The van der Waals surface area contributed by atoms with Crippen molar-refractivity contribution in [2.45, 2.75) is 83.9 Å². The van der Waals surface area contributed by atoms with Crippen molar-refractivity contribution >= 4 is 36.0 Å². The molecule has 3 rings (SSSR count). The van der Waals surface area contributed by atoms with E-state index in [1.54, 1.807) is 33.0 Å². The number of carbonyl (C=O) groups is 1. The molecule has 172 valence electrons. The molecule has 0 bridgehead atoms. The quantitative estimate of drug-likeness (QED) is 0.552. The minimum Gasteiger partial charge on any atom is -0.444 e. The minimum absolute atomic E-state index is 0.0301. The summed E-state index contributed by atoms with van der Waals surface area (Å²) in [7, 11) is -0.665. The van der Waals surface area contributed by atoms with E-state index >= 15 is 0 Å². The number of amides is 1. The number of piperidine rings is 1. The average Bonchev–Trinajstić information content (AvgIpc) is 2.84. The van der Waals surface area contributed by atoms with Crippen LogP contribution in [0.15, 0.2) is 12.3 Å². The van der Waals surface area contributed by atoms with Crippen LogP contribution in [-0.2, 0) is 14.0 Å². The van der Waals surface area contributed by atoms with Crippen LogP contribution >= 0.6 is 11.6 Å². The number of aromatic nitrogens is 1. The van der Waals surface area contributed by atoms with Crippen molar-refractivity contribution in [3.63, 3.8) is 0 Å². The zero-order valence-corrected chi connectivity index (χ0v) is 20.0. The minimum atomic E-state index is -1.25. The molecule has 2 aliphatic heterocycles. The third-order valence-corrected chi connectivity index (χ3v) is 6.23. The monoisotopic (exact) mass is 455 g/mol. The van der Waals surface area contributed by atoms with E-state index in [9.17, 15) is 9.18 Å². The average molecular weight is 456 g/mol. The molecule has 0 radical (unpaired) electrons. The van der Waals surface area contributed by atoms with E-state index in [1.165, 1.54) is 4.90 Å². The summed E-state index contributed by atoms with van der Waals surface area (Å²) < 4.78 is 32.3. The lowest BCUT2D eigenvalue weighted by atomic mass is 9.80. The first-order chi connectivity index (χ1) is 14.2. The van der Waals surface area contributed by atoms with E-state index in [2.05, 4.69) is 10.3 Å². The van der Waals surface area contributed by atoms with Gasteiger partial charge in [-0.05, 0) is 61.0 Å². The van der Waals surface area contributed by atoms with Gasteiger partial charge in [-0.2, -0.15) is 0 Å². The van der Waals surface area contributed by atoms with Gasteiger partial charge in [0.2, 0.25) is 0 Å². The number of hydrogen-bond donors (Lipinski definition) is 1. The molecule has 0 aliphatic carbocycles. The second-order valence-corrected chi connectivity index (χ2v) is 10.5. The van der Waals surface area contributed by atoms with Gasteiger partial charge in [0.1, 0.15) is 16.9 Å². The molecule has 1 aromatic heterocycles. The Labute approximate surface area is 189 Å². The summed E-state index contributed by atoms with van der Waals surface area (Å²) >= 11 is 6.31. The summed E-state index contributed by atoms with van der Waals surface area (Å²) in [5, 5.41) is 3.46. The molecule has 0 unspecified atom stereocenters. The Balaban J connectivity index is 1.66. The summed E-state index contributed by atoms with van der Waals surface area (Å²) in [5.41, 5.74) is -0.428. The van der Waals surface area contributed by atoms with Crippen LogP contribution in [0.2, 0.25) is 5.15 Å². The number of hydrogen-bond acceptors (Lipinski definition) is 6. The molecule has 1 amide bonds. The predicted molar refractivity (Wildman–Crippen MR) is 120 cm³/mol. The summed E-state index contributed by atoms with van der Waals surface area (Å²) in [5.74, 6) is 0. The van der Waals surface area contributed by atoms with E-state index in [1.807, 2.05) is 27.7 Å². The highest BCUT2D eigenvalue weighted by Crippen LogP contribution is 2.37. The fourth-order valence-electron chi connectivity index (χ4n) is 3.45. The maximum Gasteiger partial charge on any atom is 0.498 e. The topological polar surface area (TPSA) is 72.9 Å². The van der Waals surface area contributed by atoms with Gasteiger partial charge >= 0.3 is 13.2 Å². The van der Waals surface area contributed by atoms with E-state index < -0.39 is 42.2 Å². The molecule has 1 aromatic rings. The van der Waals surface area contributed by atoms with Crippen LogP contribution in [0.3, 0.4) is 0 Å². The Kier molecular flexibility index (Phi) is 6.53. The van der Waals surface area contributed by atoms with E-state index in [0.717, 1.165) is 0 Å². The number of likely N-dealkylation sites (tertiary alicyclic amines) is 1. The van der Waals surface area contributed by atoms with Gasteiger partial charge < -0.3 is 24.3 Å². The molecule has 0 spiro atoms. The maximum atomic E-state index is 14.9. The molecule has 0 aromatic carbocycles. The molecular weight excluding hydrogens is 424 g/mol. The lowest BCUT2D eigenvalue weighted by molar-refractivity contribution is 0.00578. The fourth-order valence-corrected chi connectivity index (χ4v) is 3.65. The molecule has 10 heteroatoms. The number of alkyl halides is 1. The molecule has 2 saturated heterocycles. The number of rotatable bonds is 3. The van der Waals surface area contributed by atoms with Gasteiger partial charge in [0.15, 0.2) is 0 Å². The SMILES string of the molecule is CC(C)(C)OC(=O)N1CC[C@H](Nc2cnc(Cl)c(B3OC(C)(C)C(C)(C)O3)c2)[C@H](F)C1. The first-order valence-corrected chi connectivity index (χ1v) is 11.0. The molecule has 2 atom stereocenters. The number of nitrogens with zero attached hydrogens (tertiary/aromatic N) is 2.